The molecule has 1 heterocycles. The van der Waals surface area contributed by atoms with Crippen LogP contribution in [-0.4, -0.2) is 63.0 Å². The van der Waals surface area contributed by atoms with Crippen LogP contribution in [0.3, 0.4) is 0 Å². The molecule has 0 spiro atoms. The smallest absolute Gasteiger partial charge is 0.191 e. The van der Waals surface area contributed by atoms with Crippen LogP contribution in [0.5, 0.6) is 5.75 Å². The van der Waals surface area contributed by atoms with E-state index in [0.717, 1.165) is 73.4 Å². The molecular weight excluding hydrogens is 533 g/mol. The van der Waals surface area contributed by atoms with E-state index in [4.69, 9.17) is 19.0 Å². The Labute approximate surface area is 215 Å². The number of rotatable bonds is 14. The van der Waals surface area contributed by atoms with Crippen molar-refractivity contribution in [3.63, 3.8) is 0 Å². The molecule has 0 bridgehead atoms. The standard InChI is InChI=1S/C24H39N5O3.HI/c1-6-22-21(23(7-2)32-28-22)18-27-24(25-8-3)26-17-19-10-9-11-20(16-19)31-15-13-29(4)12-14-30-5;/h9-11,16H,6-8,12-15,17-18H2,1-5H3,(H2,25,26,27);1H. The van der Waals surface area contributed by atoms with Crippen molar-refractivity contribution in [2.24, 2.45) is 4.99 Å². The van der Waals surface area contributed by atoms with Crippen LogP contribution in [0.1, 0.15) is 43.4 Å². The predicted molar refractivity (Wildman–Crippen MR) is 144 cm³/mol. The van der Waals surface area contributed by atoms with Gasteiger partial charge in [-0.1, -0.05) is 31.1 Å². The molecule has 0 aliphatic heterocycles. The molecule has 8 nitrogen and oxygen atoms in total. The number of aliphatic imine (C=N–C) groups is 1. The first-order valence-electron chi connectivity index (χ1n) is 11.5. The van der Waals surface area contributed by atoms with Crippen LogP contribution in [0.25, 0.3) is 0 Å². The number of hydrogen-bond donors (Lipinski definition) is 2. The van der Waals surface area contributed by atoms with Gasteiger partial charge in [0.2, 0.25) is 0 Å². The Morgan fingerprint density at radius 1 is 1.12 bits per heavy atom. The SMILES string of the molecule is CCNC(=NCc1cccc(OCCN(C)CCOC)c1)NCc1c(CC)noc1CC.I. The molecule has 0 aliphatic carbocycles. The first-order chi connectivity index (χ1) is 15.6. The molecule has 1 aromatic heterocycles. The number of guanidine groups is 1. The Morgan fingerprint density at radius 2 is 1.91 bits per heavy atom. The van der Waals surface area contributed by atoms with Crippen molar-refractivity contribution in [2.75, 3.05) is 47.0 Å². The summed E-state index contributed by atoms with van der Waals surface area (Å²) in [6.07, 6.45) is 1.68. The van der Waals surface area contributed by atoms with Crippen LogP contribution < -0.4 is 15.4 Å². The Morgan fingerprint density at radius 3 is 2.61 bits per heavy atom. The number of aromatic nitrogens is 1. The molecule has 186 valence electrons. The number of methoxy groups -OCH3 is 1. The third-order valence-corrected chi connectivity index (χ3v) is 5.12. The highest BCUT2D eigenvalue weighted by atomic mass is 127. The Hall–Kier alpha value is -1.85. The van der Waals surface area contributed by atoms with Gasteiger partial charge in [0.1, 0.15) is 18.1 Å². The summed E-state index contributed by atoms with van der Waals surface area (Å²) in [6, 6.07) is 8.10. The predicted octanol–water partition coefficient (Wildman–Crippen LogP) is 3.63. The van der Waals surface area contributed by atoms with Crippen molar-refractivity contribution >= 4 is 29.9 Å². The molecule has 33 heavy (non-hydrogen) atoms. The highest BCUT2D eigenvalue weighted by Crippen LogP contribution is 2.16. The van der Waals surface area contributed by atoms with Crippen molar-refractivity contribution in [1.82, 2.24) is 20.7 Å². The lowest BCUT2D eigenvalue weighted by molar-refractivity contribution is 0.150. The molecule has 2 rings (SSSR count). The Bertz CT molecular complexity index is 807. The van der Waals surface area contributed by atoms with Crippen LogP contribution in [0.4, 0.5) is 0 Å². The van der Waals surface area contributed by atoms with Crippen LogP contribution in [0.15, 0.2) is 33.8 Å². The quantitative estimate of drug-likeness (QED) is 0.203. The van der Waals surface area contributed by atoms with E-state index in [1.165, 1.54) is 0 Å². The lowest BCUT2D eigenvalue weighted by Crippen LogP contribution is -2.37. The minimum absolute atomic E-state index is 0. The van der Waals surface area contributed by atoms with E-state index in [-0.39, 0.29) is 24.0 Å². The van der Waals surface area contributed by atoms with Gasteiger partial charge in [-0.05, 0) is 38.1 Å². The molecule has 2 N–H and O–H groups in total. The van der Waals surface area contributed by atoms with Gasteiger partial charge in [0.15, 0.2) is 5.96 Å². The zero-order chi connectivity index (χ0) is 23.2. The van der Waals surface area contributed by atoms with Crippen LogP contribution in [0, 0.1) is 0 Å². The summed E-state index contributed by atoms with van der Waals surface area (Å²) < 4.78 is 16.5. The molecule has 0 saturated carbocycles. The van der Waals surface area contributed by atoms with Gasteiger partial charge >= 0.3 is 0 Å². The number of likely N-dealkylation sites (N-methyl/N-ethyl adjacent to an activating group) is 1. The van der Waals surface area contributed by atoms with E-state index < -0.39 is 0 Å². The normalized spacial score (nSPS) is 11.4. The summed E-state index contributed by atoms with van der Waals surface area (Å²) in [5.41, 5.74) is 3.23. The minimum Gasteiger partial charge on any atom is -0.492 e. The van der Waals surface area contributed by atoms with Gasteiger partial charge in [0.05, 0.1) is 18.8 Å². The molecule has 9 heteroatoms. The summed E-state index contributed by atoms with van der Waals surface area (Å²) in [5.74, 6) is 2.56. The number of benzene rings is 1. The van der Waals surface area contributed by atoms with E-state index in [1.807, 2.05) is 18.2 Å². The number of nitrogens with zero attached hydrogens (tertiary/aromatic N) is 3. The summed E-state index contributed by atoms with van der Waals surface area (Å²) >= 11 is 0. The average molecular weight is 574 g/mol. The second-order valence-corrected chi connectivity index (χ2v) is 7.58. The highest BCUT2D eigenvalue weighted by Gasteiger charge is 2.13. The number of ether oxygens (including phenoxy) is 2. The number of halogens is 1. The van der Waals surface area contributed by atoms with Crippen molar-refractivity contribution in [3.05, 3.63) is 46.8 Å². The maximum Gasteiger partial charge on any atom is 0.191 e. The Balaban J connectivity index is 0.00000544. The molecule has 0 atom stereocenters. The zero-order valence-electron chi connectivity index (χ0n) is 20.6. The van der Waals surface area contributed by atoms with Gasteiger partial charge in [0.25, 0.3) is 0 Å². The summed E-state index contributed by atoms with van der Waals surface area (Å²) in [6.45, 7) is 11.3. The minimum atomic E-state index is 0. The molecule has 0 fully saturated rings. The first kappa shape index (κ1) is 29.2. The fourth-order valence-corrected chi connectivity index (χ4v) is 3.23. The topological polar surface area (TPSA) is 84.2 Å². The maximum atomic E-state index is 5.92. The molecule has 0 amide bonds. The van der Waals surface area contributed by atoms with E-state index in [1.54, 1.807) is 7.11 Å². The summed E-state index contributed by atoms with van der Waals surface area (Å²) in [7, 11) is 3.78. The van der Waals surface area contributed by atoms with Crippen LogP contribution in [0.2, 0.25) is 0 Å². The maximum absolute atomic E-state index is 5.92. The summed E-state index contributed by atoms with van der Waals surface area (Å²) in [4.78, 5) is 6.93. The van der Waals surface area contributed by atoms with E-state index >= 15 is 0 Å². The third kappa shape index (κ3) is 10.3. The molecule has 2 aromatic rings. The van der Waals surface area contributed by atoms with Gasteiger partial charge in [-0.25, -0.2) is 4.99 Å². The average Bonchev–Trinajstić information content (AvgIpc) is 3.21. The lowest BCUT2D eigenvalue weighted by atomic mass is 10.1. The largest absolute Gasteiger partial charge is 0.492 e. The second-order valence-electron chi connectivity index (χ2n) is 7.58. The van der Waals surface area contributed by atoms with Gasteiger partial charge in [-0.2, -0.15) is 0 Å². The van der Waals surface area contributed by atoms with Gasteiger partial charge in [-0.3, -0.25) is 0 Å². The monoisotopic (exact) mass is 573 g/mol. The van der Waals surface area contributed by atoms with Gasteiger partial charge < -0.3 is 29.5 Å². The fourth-order valence-electron chi connectivity index (χ4n) is 3.23. The molecule has 0 aliphatic rings. The zero-order valence-corrected chi connectivity index (χ0v) is 23.0. The molecule has 0 saturated heterocycles. The van der Waals surface area contributed by atoms with Crippen LogP contribution >= 0.6 is 24.0 Å². The molecule has 1 aromatic carbocycles. The van der Waals surface area contributed by atoms with E-state index in [9.17, 15) is 0 Å². The second kappa shape index (κ2) is 16.7. The first-order valence-corrected chi connectivity index (χ1v) is 11.5. The van der Waals surface area contributed by atoms with Gasteiger partial charge in [-0.15, -0.1) is 24.0 Å². The molecular formula is C24H40IN5O3. The number of nitrogens with one attached hydrogen (secondary N) is 2. The van der Waals surface area contributed by atoms with Gasteiger partial charge in [0, 0.05) is 45.3 Å². The van der Waals surface area contributed by atoms with Crippen molar-refractivity contribution < 1.29 is 14.0 Å². The fraction of sp³-hybridized carbons (Fsp3) is 0.583. The number of aryl methyl sites for hydroxylation is 2. The van der Waals surface area contributed by atoms with Crippen molar-refractivity contribution in [1.29, 1.82) is 0 Å². The molecule has 0 radical (unpaired) electrons. The molecule has 0 unspecified atom stereocenters. The van der Waals surface area contributed by atoms with E-state index in [0.29, 0.717) is 19.7 Å². The van der Waals surface area contributed by atoms with Crippen molar-refractivity contribution in [2.45, 2.75) is 46.7 Å². The van der Waals surface area contributed by atoms with Crippen LogP contribution in [-0.2, 0) is 30.7 Å². The van der Waals surface area contributed by atoms with Crippen molar-refractivity contribution in [3.8, 4) is 5.75 Å². The Kier molecular flexibility index (Phi) is 14.8. The third-order valence-electron chi connectivity index (χ3n) is 5.12. The lowest BCUT2D eigenvalue weighted by Gasteiger charge is -2.16. The summed E-state index contributed by atoms with van der Waals surface area (Å²) in [5, 5.41) is 10.9. The number of hydrogen-bond acceptors (Lipinski definition) is 6. The highest BCUT2D eigenvalue weighted by molar-refractivity contribution is 14.0. The van der Waals surface area contributed by atoms with E-state index in [2.05, 4.69) is 54.6 Å².